The fourth-order valence-corrected chi connectivity index (χ4v) is 2.89. The van der Waals surface area contributed by atoms with Crippen molar-refractivity contribution in [3.05, 3.63) is 29.8 Å². The first-order valence-corrected chi connectivity index (χ1v) is 7.86. The topological polar surface area (TPSA) is 57.3 Å². The first-order valence-electron chi connectivity index (χ1n) is 7.86. The van der Waals surface area contributed by atoms with Crippen molar-refractivity contribution in [1.82, 2.24) is 0 Å². The minimum absolute atomic E-state index is 0.0423. The van der Waals surface area contributed by atoms with Gasteiger partial charge in [-0.15, -0.1) is 0 Å². The van der Waals surface area contributed by atoms with Crippen molar-refractivity contribution in [2.75, 3.05) is 18.4 Å². The summed E-state index contributed by atoms with van der Waals surface area (Å²) in [5.74, 6) is 0.0423. The van der Waals surface area contributed by atoms with Crippen LogP contribution in [0.4, 0.5) is 5.69 Å². The van der Waals surface area contributed by atoms with Gasteiger partial charge in [0.15, 0.2) is 6.04 Å². The van der Waals surface area contributed by atoms with Crippen LogP contribution in [-0.2, 0) is 4.79 Å². The predicted octanol–water partition coefficient (Wildman–Crippen LogP) is 1.73. The number of hydrogen-bond donors (Lipinski definition) is 2. The van der Waals surface area contributed by atoms with Crippen LogP contribution < -0.4 is 10.2 Å². The van der Waals surface area contributed by atoms with Gasteiger partial charge < -0.3 is 10.2 Å². The van der Waals surface area contributed by atoms with Gasteiger partial charge in [0.1, 0.15) is 0 Å². The summed E-state index contributed by atoms with van der Waals surface area (Å²) in [6.45, 7) is 4.15. The van der Waals surface area contributed by atoms with Crippen molar-refractivity contribution in [2.24, 2.45) is 0 Å². The molecule has 4 nitrogen and oxygen atoms in total. The average Bonchev–Trinajstić information content (AvgIpc) is 2.46. The number of nitrogens with one attached hydrogen (secondary N) is 2. The number of nitrogens with zero attached hydrogens (tertiary/aromatic N) is 1. The molecule has 1 aromatic rings. The Labute approximate surface area is 126 Å². The fraction of sp³-hybridized carbons (Fsp3) is 0.529. The number of hydrogen-bond acceptors (Lipinski definition) is 2. The number of nitriles is 1. The third-order valence-corrected chi connectivity index (χ3v) is 4.26. The molecule has 112 valence electrons. The van der Waals surface area contributed by atoms with Crippen LogP contribution in [0.1, 0.15) is 44.6 Å². The Morgan fingerprint density at radius 2 is 1.90 bits per heavy atom. The largest absolute Gasteiger partial charge is 0.325 e. The Morgan fingerprint density at radius 1 is 1.24 bits per heavy atom. The summed E-state index contributed by atoms with van der Waals surface area (Å²) < 4.78 is 0. The number of quaternary nitrogens is 1. The average molecular weight is 286 g/mol. The zero-order chi connectivity index (χ0) is 15.1. The van der Waals surface area contributed by atoms with Crippen LogP contribution in [0.3, 0.4) is 0 Å². The normalized spacial score (nSPS) is 18.1. The van der Waals surface area contributed by atoms with Crippen LogP contribution in [0.25, 0.3) is 0 Å². The zero-order valence-corrected chi connectivity index (χ0v) is 12.7. The van der Waals surface area contributed by atoms with Gasteiger partial charge in [-0.2, -0.15) is 5.26 Å². The number of benzene rings is 1. The lowest BCUT2D eigenvalue weighted by Crippen LogP contribution is -3.16. The summed E-state index contributed by atoms with van der Waals surface area (Å²) in [5.41, 5.74) is 1.27. The number of amides is 1. The van der Waals surface area contributed by atoms with Crippen LogP contribution in [0.5, 0.6) is 0 Å². The van der Waals surface area contributed by atoms with Crippen molar-refractivity contribution in [1.29, 1.82) is 5.26 Å². The van der Waals surface area contributed by atoms with E-state index in [4.69, 9.17) is 5.26 Å². The SMILES string of the molecule is C[C@@H](C(=O)Nc1cccc(C#N)c1)[NH+]1CCCCCCC1. The molecule has 1 atom stereocenters. The third kappa shape index (κ3) is 4.57. The number of rotatable bonds is 3. The van der Waals surface area contributed by atoms with E-state index in [-0.39, 0.29) is 11.9 Å². The van der Waals surface area contributed by atoms with Gasteiger partial charge in [-0.05, 0) is 50.8 Å². The Balaban J connectivity index is 1.96. The summed E-state index contributed by atoms with van der Waals surface area (Å²) in [6, 6.07) is 9.12. The van der Waals surface area contributed by atoms with E-state index in [1.807, 2.05) is 13.0 Å². The lowest BCUT2D eigenvalue weighted by molar-refractivity contribution is -0.914. The van der Waals surface area contributed by atoms with E-state index in [9.17, 15) is 4.79 Å². The minimum atomic E-state index is -0.0474. The van der Waals surface area contributed by atoms with E-state index >= 15 is 0 Å². The molecule has 4 heteroatoms. The van der Waals surface area contributed by atoms with Crippen LogP contribution in [0.2, 0.25) is 0 Å². The molecular weight excluding hydrogens is 262 g/mol. The maximum Gasteiger partial charge on any atom is 0.282 e. The van der Waals surface area contributed by atoms with E-state index in [2.05, 4.69) is 11.4 Å². The van der Waals surface area contributed by atoms with Crippen molar-refractivity contribution in [2.45, 2.75) is 45.1 Å². The summed E-state index contributed by atoms with van der Waals surface area (Å²) in [7, 11) is 0. The standard InChI is InChI=1S/C17H23N3O/c1-14(20-10-5-3-2-4-6-11-20)17(21)19-16-9-7-8-15(12-16)13-18/h7-9,12,14H,2-6,10-11H2,1H3,(H,19,21)/p+1/t14-/m0/s1. The quantitative estimate of drug-likeness (QED) is 0.889. The highest BCUT2D eigenvalue weighted by molar-refractivity contribution is 5.93. The Morgan fingerprint density at radius 3 is 2.57 bits per heavy atom. The highest BCUT2D eigenvalue weighted by Gasteiger charge is 2.25. The molecule has 1 fully saturated rings. The molecule has 0 radical (unpaired) electrons. The zero-order valence-electron chi connectivity index (χ0n) is 12.7. The number of anilines is 1. The van der Waals surface area contributed by atoms with Crippen LogP contribution >= 0.6 is 0 Å². The smallest absolute Gasteiger partial charge is 0.282 e. The van der Waals surface area contributed by atoms with Gasteiger partial charge in [0.25, 0.3) is 5.91 Å². The van der Waals surface area contributed by atoms with Crippen molar-refractivity contribution in [3.8, 4) is 6.07 Å². The molecule has 0 saturated carbocycles. The maximum atomic E-state index is 12.4. The Hall–Kier alpha value is -1.86. The van der Waals surface area contributed by atoms with Crippen LogP contribution in [0, 0.1) is 11.3 Å². The molecule has 1 aliphatic rings. The minimum Gasteiger partial charge on any atom is -0.325 e. The van der Waals surface area contributed by atoms with E-state index < -0.39 is 0 Å². The van der Waals surface area contributed by atoms with E-state index in [1.54, 1.807) is 18.2 Å². The molecule has 0 unspecified atom stereocenters. The van der Waals surface area contributed by atoms with Gasteiger partial charge in [-0.3, -0.25) is 4.79 Å². The van der Waals surface area contributed by atoms with Gasteiger partial charge in [0.2, 0.25) is 0 Å². The fourth-order valence-electron chi connectivity index (χ4n) is 2.89. The Kier molecular flexibility index (Phi) is 5.77. The molecular formula is C17H24N3O+. The summed E-state index contributed by atoms with van der Waals surface area (Å²) >= 11 is 0. The molecule has 0 aromatic heterocycles. The number of carbonyl (C=O) groups is 1. The van der Waals surface area contributed by atoms with E-state index in [1.165, 1.54) is 37.0 Å². The highest BCUT2D eigenvalue weighted by Crippen LogP contribution is 2.10. The molecule has 0 bridgehead atoms. The molecule has 21 heavy (non-hydrogen) atoms. The van der Waals surface area contributed by atoms with Gasteiger partial charge in [0, 0.05) is 5.69 Å². The third-order valence-electron chi connectivity index (χ3n) is 4.26. The second-order valence-electron chi connectivity index (χ2n) is 5.83. The molecule has 1 saturated heterocycles. The number of likely N-dealkylation sites (tertiary alicyclic amines) is 1. The van der Waals surface area contributed by atoms with Crippen molar-refractivity contribution in [3.63, 3.8) is 0 Å². The lowest BCUT2D eigenvalue weighted by atomic mass is 10.1. The molecule has 1 aliphatic heterocycles. The highest BCUT2D eigenvalue weighted by atomic mass is 16.2. The molecule has 1 heterocycles. The monoisotopic (exact) mass is 286 g/mol. The molecule has 0 spiro atoms. The molecule has 1 aromatic carbocycles. The Bertz CT molecular complexity index is 513. The predicted molar refractivity (Wildman–Crippen MR) is 83.0 cm³/mol. The first-order chi connectivity index (χ1) is 10.2. The molecule has 1 amide bonds. The second kappa shape index (κ2) is 7.80. The summed E-state index contributed by atoms with van der Waals surface area (Å²) in [4.78, 5) is 13.8. The summed E-state index contributed by atoms with van der Waals surface area (Å²) in [5, 5.41) is 11.8. The van der Waals surface area contributed by atoms with Gasteiger partial charge in [-0.25, -0.2) is 0 Å². The van der Waals surface area contributed by atoms with Crippen molar-refractivity contribution < 1.29 is 9.69 Å². The van der Waals surface area contributed by atoms with E-state index in [0.29, 0.717) is 11.3 Å². The lowest BCUT2D eigenvalue weighted by Gasteiger charge is -2.26. The van der Waals surface area contributed by atoms with Gasteiger partial charge in [-0.1, -0.05) is 12.5 Å². The first kappa shape index (κ1) is 15.5. The second-order valence-corrected chi connectivity index (χ2v) is 5.83. The summed E-state index contributed by atoms with van der Waals surface area (Å²) in [6.07, 6.45) is 6.30. The van der Waals surface area contributed by atoms with Gasteiger partial charge in [0.05, 0.1) is 24.7 Å². The molecule has 0 aliphatic carbocycles. The van der Waals surface area contributed by atoms with E-state index in [0.717, 1.165) is 13.1 Å². The number of carbonyl (C=O) groups excluding carboxylic acids is 1. The molecule has 2 N–H and O–H groups in total. The molecule has 2 rings (SSSR count). The van der Waals surface area contributed by atoms with Crippen molar-refractivity contribution >= 4 is 11.6 Å². The van der Waals surface area contributed by atoms with Gasteiger partial charge >= 0.3 is 0 Å². The van der Waals surface area contributed by atoms with Crippen LogP contribution in [0.15, 0.2) is 24.3 Å². The van der Waals surface area contributed by atoms with Crippen LogP contribution in [-0.4, -0.2) is 25.0 Å². The maximum absolute atomic E-state index is 12.4.